The second kappa shape index (κ2) is 7.56. The molecule has 2 aromatic heterocycles. The lowest BCUT2D eigenvalue weighted by atomic mass is 9.95. The van der Waals surface area contributed by atoms with E-state index in [1.165, 1.54) is 0 Å². The molecule has 0 radical (unpaired) electrons. The molecule has 0 fully saturated rings. The molecule has 5 heteroatoms. The summed E-state index contributed by atoms with van der Waals surface area (Å²) in [5.41, 5.74) is 5.19. The van der Waals surface area contributed by atoms with Gasteiger partial charge in [0.2, 0.25) is 0 Å². The smallest absolute Gasteiger partial charge is 0.172 e. The molecular formula is C28H27N3O2. The lowest BCUT2D eigenvalue weighted by molar-refractivity contribution is -0.119. The van der Waals surface area contributed by atoms with Crippen LogP contribution in [0.15, 0.2) is 60.9 Å². The number of hydrogen-bond donors (Lipinski definition) is 0. The third-order valence-corrected chi connectivity index (χ3v) is 7.10. The number of aryl methyl sites for hydroxylation is 1. The van der Waals surface area contributed by atoms with E-state index in [1.54, 1.807) is 0 Å². The highest BCUT2D eigenvalue weighted by molar-refractivity contribution is 6.52. The van der Waals surface area contributed by atoms with Crippen LogP contribution in [0.3, 0.4) is 0 Å². The van der Waals surface area contributed by atoms with Crippen molar-refractivity contribution in [2.24, 2.45) is 5.92 Å². The fourth-order valence-electron chi connectivity index (χ4n) is 5.76. The van der Waals surface area contributed by atoms with Gasteiger partial charge in [-0.25, -0.2) is 0 Å². The topological polar surface area (TPSA) is 47.2 Å². The predicted octanol–water partition coefficient (Wildman–Crippen LogP) is 4.63. The van der Waals surface area contributed by atoms with Crippen molar-refractivity contribution in [3.8, 4) is 0 Å². The normalized spacial score (nSPS) is 18.8. The van der Waals surface area contributed by atoms with Crippen LogP contribution < -0.4 is 0 Å². The van der Waals surface area contributed by atoms with Gasteiger partial charge in [0.15, 0.2) is 11.6 Å². The number of carbonyl (C=O) groups is 2. The molecule has 0 saturated carbocycles. The Morgan fingerprint density at radius 2 is 1.36 bits per heavy atom. The van der Waals surface area contributed by atoms with Crippen LogP contribution in [0.1, 0.15) is 24.0 Å². The summed E-state index contributed by atoms with van der Waals surface area (Å²) in [4.78, 5) is 28.7. The molecule has 5 nitrogen and oxygen atoms in total. The summed E-state index contributed by atoms with van der Waals surface area (Å²) in [6, 6.07) is 16.5. The Morgan fingerprint density at radius 1 is 0.818 bits per heavy atom. The molecule has 2 aliphatic rings. The van der Waals surface area contributed by atoms with Crippen molar-refractivity contribution < 1.29 is 9.59 Å². The van der Waals surface area contributed by atoms with Gasteiger partial charge < -0.3 is 14.0 Å². The SMILES string of the molecule is CN(C)C[C@H]1CCn2cc(c3ccccc32)C2=C(C(=O)CC2=O)c2cn(c3ccccc23)C1. The molecular weight excluding hydrogens is 410 g/mol. The molecule has 0 saturated heterocycles. The van der Waals surface area contributed by atoms with Crippen LogP contribution in [0.2, 0.25) is 0 Å². The Kier molecular flexibility index (Phi) is 4.63. The molecule has 33 heavy (non-hydrogen) atoms. The van der Waals surface area contributed by atoms with Crippen LogP contribution in [0.25, 0.3) is 33.0 Å². The number of nitrogens with zero attached hydrogens (tertiary/aromatic N) is 3. The van der Waals surface area contributed by atoms with Crippen LogP contribution in [0.4, 0.5) is 0 Å². The predicted molar refractivity (Wildman–Crippen MR) is 132 cm³/mol. The van der Waals surface area contributed by atoms with Crippen molar-refractivity contribution in [2.45, 2.75) is 25.9 Å². The van der Waals surface area contributed by atoms with Crippen molar-refractivity contribution in [1.82, 2.24) is 14.0 Å². The second-order valence-corrected chi connectivity index (χ2v) is 9.66. The first kappa shape index (κ1) is 20.2. The number of fused-ring (bicyclic) bond motifs is 12. The number of rotatable bonds is 2. The minimum atomic E-state index is -0.0726. The number of allylic oxidation sites excluding steroid dienone is 2. The van der Waals surface area contributed by atoms with Gasteiger partial charge in [-0.3, -0.25) is 9.59 Å². The fraction of sp³-hybridized carbons (Fsp3) is 0.286. The summed E-state index contributed by atoms with van der Waals surface area (Å²) in [7, 11) is 4.25. The monoisotopic (exact) mass is 437 g/mol. The Labute approximate surface area is 192 Å². The van der Waals surface area contributed by atoms with E-state index in [9.17, 15) is 9.59 Å². The summed E-state index contributed by atoms with van der Waals surface area (Å²) < 4.78 is 4.56. The van der Waals surface area contributed by atoms with Crippen molar-refractivity contribution in [2.75, 3.05) is 20.6 Å². The summed E-state index contributed by atoms with van der Waals surface area (Å²) in [6.45, 7) is 2.73. The second-order valence-electron chi connectivity index (χ2n) is 9.66. The van der Waals surface area contributed by atoms with E-state index in [0.717, 1.165) is 59.0 Å². The zero-order valence-corrected chi connectivity index (χ0v) is 19.0. The van der Waals surface area contributed by atoms with Crippen LogP contribution in [0, 0.1) is 5.92 Å². The van der Waals surface area contributed by atoms with Gasteiger partial charge in [0.25, 0.3) is 0 Å². The van der Waals surface area contributed by atoms with E-state index in [1.807, 2.05) is 24.3 Å². The molecule has 2 aromatic carbocycles. The van der Waals surface area contributed by atoms with E-state index >= 15 is 0 Å². The largest absolute Gasteiger partial charge is 0.347 e. The highest BCUT2D eigenvalue weighted by Crippen LogP contribution is 2.42. The molecule has 1 aliphatic carbocycles. The van der Waals surface area contributed by atoms with Crippen molar-refractivity contribution in [1.29, 1.82) is 0 Å². The molecule has 4 aromatic rings. The molecule has 3 heterocycles. The molecule has 0 amide bonds. The quantitative estimate of drug-likeness (QED) is 0.430. The minimum absolute atomic E-state index is 0.0487. The van der Waals surface area contributed by atoms with Crippen LogP contribution in [-0.4, -0.2) is 46.2 Å². The Hall–Kier alpha value is -3.44. The summed E-state index contributed by atoms with van der Waals surface area (Å²) in [5, 5.41) is 2.08. The molecule has 0 unspecified atom stereocenters. The maximum absolute atomic E-state index is 13.2. The average Bonchev–Trinajstić information content (AvgIpc) is 3.42. The van der Waals surface area contributed by atoms with Gasteiger partial charge in [0, 0.05) is 76.1 Å². The molecule has 6 rings (SSSR count). The molecule has 4 bridgehead atoms. The van der Waals surface area contributed by atoms with Crippen molar-refractivity contribution in [3.05, 3.63) is 72.1 Å². The van der Waals surface area contributed by atoms with Gasteiger partial charge >= 0.3 is 0 Å². The zero-order valence-electron chi connectivity index (χ0n) is 19.0. The summed E-state index contributed by atoms with van der Waals surface area (Å²) in [5.74, 6) is 0.302. The third kappa shape index (κ3) is 3.18. The Morgan fingerprint density at radius 3 is 1.97 bits per heavy atom. The van der Waals surface area contributed by atoms with Crippen molar-refractivity contribution >= 4 is 44.5 Å². The first-order valence-electron chi connectivity index (χ1n) is 11.6. The van der Waals surface area contributed by atoms with E-state index in [2.05, 4.69) is 64.8 Å². The fourth-order valence-corrected chi connectivity index (χ4v) is 5.76. The van der Waals surface area contributed by atoms with Gasteiger partial charge in [-0.05, 0) is 38.6 Å². The van der Waals surface area contributed by atoms with Gasteiger partial charge in [0.1, 0.15) is 0 Å². The van der Waals surface area contributed by atoms with E-state index in [4.69, 9.17) is 0 Å². The van der Waals surface area contributed by atoms with Crippen molar-refractivity contribution in [3.63, 3.8) is 0 Å². The van der Waals surface area contributed by atoms with Crippen LogP contribution in [0.5, 0.6) is 0 Å². The number of para-hydroxylation sites is 2. The van der Waals surface area contributed by atoms with Gasteiger partial charge in [-0.2, -0.15) is 0 Å². The third-order valence-electron chi connectivity index (χ3n) is 7.10. The molecule has 1 atom stereocenters. The lowest BCUT2D eigenvalue weighted by Crippen LogP contribution is -2.26. The van der Waals surface area contributed by atoms with Crippen LogP contribution in [-0.2, 0) is 22.7 Å². The summed E-state index contributed by atoms with van der Waals surface area (Å²) in [6.07, 6.45) is 5.19. The van der Waals surface area contributed by atoms with E-state index in [-0.39, 0.29) is 18.0 Å². The highest BCUT2D eigenvalue weighted by atomic mass is 16.2. The number of ketones is 2. The van der Waals surface area contributed by atoms with Crippen LogP contribution >= 0.6 is 0 Å². The maximum atomic E-state index is 13.2. The number of hydrogen-bond acceptors (Lipinski definition) is 3. The average molecular weight is 438 g/mol. The lowest BCUT2D eigenvalue weighted by Gasteiger charge is -2.23. The minimum Gasteiger partial charge on any atom is -0.347 e. The van der Waals surface area contributed by atoms with E-state index < -0.39 is 0 Å². The van der Waals surface area contributed by atoms with Gasteiger partial charge in [0.05, 0.1) is 6.42 Å². The number of Topliss-reactive ketones (excluding diaryl/α,β-unsaturated/α-hetero) is 2. The van der Waals surface area contributed by atoms with Gasteiger partial charge in [-0.15, -0.1) is 0 Å². The first-order valence-corrected chi connectivity index (χ1v) is 11.6. The number of aromatic nitrogens is 2. The highest BCUT2D eigenvalue weighted by Gasteiger charge is 2.35. The summed E-state index contributed by atoms with van der Waals surface area (Å²) >= 11 is 0. The standard InChI is InChI=1S/C28H27N3O2/c1-29(2)14-18-11-12-30-16-21(19-7-3-5-9-23(19)30)27-25(32)13-26(33)28(27)22-17-31(15-18)24-10-6-4-8-20(22)24/h3-10,16-18H,11-15H2,1-2H3/t18-/m1/s1. The molecule has 0 N–H and O–H groups in total. The van der Waals surface area contributed by atoms with E-state index in [0.29, 0.717) is 17.1 Å². The number of carbonyl (C=O) groups excluding carboxylic acids is 2. The molecule has 166 valence electrons. The molecule has 0 spiro atoms. The van der Waals surface area contributed by atoms with Gasteiger partial charge in [-0.1, -0.05) is 36.4 Å². The maximum Gasteiger partial charge on any atom is 0.172 e. The zero-order chi connectivity index (χ0) is 22.7. The first-order chi connectivity index (χ1) is 16.0. The Bertz CT molecular complexity index is 1470. The Balaban J connectivity index is 1.69. The molecule has 1 aliphatic heterocycles. The number of benzene rings is 2.